The molecule has 0 bridgehead atoms. The van der Waals surface area contributed by atoms with E-state index in [0.29, 0.717) is 0 Å². The lowest BCUT2D eigenvalue weighted by Crippen LogP contribution is -2.02. The minimum absolute atomic E-state index is 0. The van der Waals surface area contributed by atoms with E-state index >= 15 is 0 Å². The molecule has 13 heavy (non-hydrogen) atoms. The summed E-state index contributed by atoms with van der Waals surface area (Å²) in [6.07, 6.45) is 0. The van der Waals surface area contributed by atoms with Crippen LogP contribution in [-0.2, 0) is 26.6 Å². The summed E-state index contributed by atoms with van der Waals surface area (Å²) in [6.45, 7) is 0. The third-order valence-corrected chi connectivity index (χ3v) is 5.57. The molecule has 1 saturated heterocycles. The normalized spacial score (nSPS) is 51.0. The Kier molecular flexibility index (Phi) is 4.15. The number of hydrogen-bond acceptors (Lipinski definition) is 6. The molecule has 1 rings (SSSR count). The van der Waals surface area contributed by atoms with Crippen molar-refractivity contribution in [2.45, 2.75) is 0 Å². The summed E-state index contributed by atoms with van der Waals surface area (Å²) in [6, 6.07) is 0. The summed E-state index contributed by atoms with van der Waals surface area (Å²) in [5.74, 6) is 0. The molecule has 0 aromatic rings. The van der Waals surface area contributed by atoms with E-state index in [0.717, 1.165) is 0 Å². The molecule has 1 aliphatic rings. The second-order valence-electron chi connectivity index (χ2n) is 1.65. The van der Waals surface area contributed by atoms with Gasteiger partial charge in [0.2, 0.25) is 0 Å². The molecule has 3 N–H and O–H groups in total. The third-order valence-electron chi connectivity index (χ3n) is 0.619. The van der Waals surface area contributed by atoms with Crippen LogP contribution in [0.1, 0.15) is 0 Å². The summed E-state index contributed by atoms with van der Waals surface area (Å²) in [4.78, 5) is 25.2. The fourth-order valence-corrected chi connectivity index (χ4v) is 4.73. The van der Waals surface area contributed by atoms with Gasteiger partial charge in [0, 0.05) is 0 Å². The molecule has 0 aliphatic carbocycles. The van der Waals surface area contributed by atoms with E-state index < -0.39 is 23.5 Å². The highest BCUT2D eigenvalue weighted by atomic mass is 31.3. The van der Waals surface area contributed by atoms with Gasteiger partial charge in [0.05, 0.1) is 0 Å². The molecule has 0 radical (unpaired) electrons. The number of rotatable bonds is 0. The molecule has 0 unspecified atom stereocenters. The van der Waals surface area contributed by atoms with Crippen LogP contribution in [0.5, 0.6) is 0 Å². The highest BCUT2D eigenvalue weighted by molar-refractivity contribution is 7.74. The Hall–Kier alpha value is 0.982. The molecule has 0 aromatic heterocycles. The molecular formula is H6AlO9P3. The van der Waals surface area contributed by atoms with Gasteiger partial charge in [0.1, 0.15) is 0 Å². The fourth-order valence-electron chi connectivity index (χ4n) is 0.436. The first kappa shape index (κ1) is 14.0. The first-order chi connectivity index (χ1) is 5.12. The van der Waals surface area contributed by atoms with Crippen molar-refractivity contribution < 1.29 is 41.3 Å². The van der Waals surface area contributed by atoms with Gasteiger partial charge >= 0.3 is 23.5 Å². The van der Waals surface area contributed by atoms with Crippen LogP contribution in [0.3, 0.4) is 0 Å². The molecule has 0 atom stereocenters. The van der Waals surface area contributed by atoms with Crippen LogP contribution in [0.4, 0.5) is 0 Å². The Morgan fingerprint density at radius 3 is 1.00 bits per heavy atom. The lowest BCUT2D eigenvalue weighted by molar-refractivity contribution is 0.163. The number of phosphoric acid groups is 3. The van der Waals surface area contributed by atoms with Crippen molar-refractivity contribution in [3.63, 3.8) is 0 Å². The van der Waals surface area contributed by atoms with E-state index in [4.69, 9.17) is 14.7 Å². The zero-order valence-electron chi connectivity index (χ0n) is 5.13. The number of hydrogen-bond donors (Lipinski definition) is 3. The van der Waals surface area contributed by atoms with Gasteiger partial charge in [-0.15, -0.1) is 0 Å². The predicted molar refractivity (Wildman–Crippen MR) is 42.7 cm³/mol. The summed E-state index contributed by atoms with van der Waals surface area (Å²) >= 11 is 0. The van der Waals surface area contributed by atoms with Gasteiger partial charge in [0.25, 0.3) is 0 Å². The maximum atomic E-state index is 10.4. The Labute approximate surface area is 82.6 Å². The summed E-state index contributed by atoms with van der Waals surface area (Å²) < 4.78 is 41.6. The maximum Gasteiger partial charge on any atom is 0.490 e. The van der Waals surface area contributed by atoms with E-state index in [-0.39, 0.29) is 17.4 Å². The lowest BCUT2D eigenvalue weighted by atomic mass is 15.6. The fraction of sp³-hybridized carbons (Fsp3) is 0. The Balaban J connectivity index is 0.00000144. The summed E-state index contributed by atoms with van der Waals surface area (Å²) in [5, 5.41) is 0. The monoisotopic (exact) mass is 270 g/mol. The molecule has 1 fully saturated rings. The van der Waals surface area contributed by atoms with Gasteiger partial charge in [-0.25, -0.2) is 13.7 Å². The minimum Gasteiger partial charge on any atom is -0.302 e. The molecule has 0 aromatic carbocycles. The first-order valence-electron chi connectivity index (χ1n) is 2.24. The lowest BCUT2D eigenvalue weighted by Gasteiger charge is -2.23. The van der Waals surface area contributed by atoms with Crippen molar-refractivity contribution in [2.75, 3.05) is 0 Å². The second-order valence-corrected chi connectivity index (χ2v) is 6.42. The molecule has 1 aliphatic heterocycles. The van der Waals surface area contributed by atoms with Crippen LogP contribution in [0.2, 0.25) is 0 Å². The Bertz CT molecular complexity index is 259. The van der Waals surface area contributed by atoms with E-state index in [1.807, 2.05) is 0 Å². The van der Waals surface area contributed by atoms with Crippen LogP contribution in [-0.4, -0.2) is 32.0 Å². The van der Waals surface area contributed by atoms with Crippen molar-refractivity contribution in [1.29, 1.82) is 0 Å². The van der Waals surface area contributed by atoms with Crippen molar-refractivity contribution in [3.8, 4) is 0 Å². The van der Waals surface area contributed by atoms with Crippen molar-refractivity contribution >= 4 is 40.8 Å². The van der Waals surface area contributed by atoms with E-state index in [9.17, 15) is 13.7 Å². The largest absolute Gasteiger partial charge is 0.490 e. The van der Waals surface area contributed by atoms with Gasteiger partial charge in [-0.1, -0.05) is 0 Å². The highest BCUT2D eigenvalue weighted by Crippen LogP contribution is 2.78. The molecular weight excluding hydrogens is 264 g/mol. The summed E-state index contributed by atoms with van der Waals surface area (Å²) in [5.41, 5.74) is 0. The molecule has 78 valence electrons. The van der Waals surface area contributed by atoms with Crippen molar-refractivity contribution in [3.05, 3.63) is 0 Å². The smallest absolute Gasteiger partial charge is 0.302 e. The standard InChI is InChI=1S/Al.H3O9P3.3H/c;1-10(2)7-11(3,4)9-12(5,6)8-10;;;/h;(H,1,2)(H,3,4)(H,5,6);;;. The Morgan fingerprint density at radius 2 is 0.846 bits per heavy atom. The van der Waals surface area contributed by atoms with E-state index in [1.54, 1.807) is 0 Å². The van der Waals surface area contributed by atoms with Gasteiger partial charge in [-0.05, 0) is 0 Å². The zero-order valence-corrected chi connectivity index (χ0v) is 7.82. The average Bonchev–Trinajstić information content (AvgIpc) is 1.44. The molecule has 0 amide bonds. The molecule has 0 saturated carbocycles. The summed E-state index contributed by atoms with van der Waals surface area (Å²) in [7, 11) is -14.9. The maximum absolute atomic E-state index is 10.4. The van der Waals surface area contributed by atoms with Crippen LogP contribution < -0.4 is 0 Å². The molecule has 0 spiro atoms. The zero-order chi connectivity index (χ0) is 9.62. The van der Waals surface area contributed by atoms with Crippen LogP contribution in [0.15, 0.2) is 0 Å². The van der Waals surface area contributed by atoms with Gasteiger partial charge in [-0.3, -0.25) is 0 Å². The van der Waals surface area contributed by atoms with Gasteiger partial charge in [-0.2, -0.15) is 12.9 Å². The average molecular weight is 270 g/mol. The molecule has 9 nitrogen and oxygen atoms in total. The predicted octanol–water partition coefficient (Wildman–Crippen LogP) is -0.833. The minimum atomic E-state index is -4.98. The van der Waals surface area contributed by atoms with Crippen LogP contribution >= 0.6 is 23.5 Å². The topological polar surface area (TPSA) is 140 Å². The van der Waals surface area contributed by atoms with Gasteiger partial charge in [0.15, 0.2) is 17.4 Å². The second kappa shape index (κ2) is 3.86. The Morgan fingerprint density at radius 1 is 0.692 bits per heavy atom. The van der Waals surface area contributed by atoms with Crippen LogP contribution in [0.25, 0.3) is 0 Å². The quantitative estimate of drug-likeness (QED) is 0.379. The van der Waals surface area contributed by atoms with Gasteiger partial charge < -0.3 is 14.7 Å². The first-order valence-corrected chi connectivity index (χ1v) is 6.73. The molecule has 1 heterocycles. The third kappa shape index (κ3) is 4.35. The van der Waals surface area contributed by atoms with E-state index in [2.05, 4.69) is 12.9 Å². The SMILES string of the molecule is O=P1(O)OP(=O)(O)OP(=O)(O)O1.[AlH3]. The van der Waals surface area contributed by atoms with Crippen LogP contribution in [0, 0.1) is 0 Å². The van der Waals surface area contributed by atoms with E-state index in [1.165, 1.54) is 0 Å². The highest BCUT2D eigenvalue weighted by Gasteiger charge is 2.52. The van der Waals surface area contributed by atoms with Crippen molar-refractivity contribution in [1.82, 2.24) is 0 Å². The van der Waals surface area contributed by atoms with Crippen molar-refractivity contribution in [2.24, 2.45) is 0 Å². The molecule has 13 heteroatoms.